The fraction of sp³-hybridized carbons (Fsp3) is 0.786. The van der Waals surface area contributed by atoms with Gasteiger partial charge >= 0.3 is 17.9 Å². The van der Waals surface area contributed by atoms with Gasteiger partial charge in [0, 0.05) is 0 Å². The summed E-state index contributed by atoms with van der Waals surface area (Å²) >= 11 is 0. The van der Waals surface area contributed by atoms with E-state index in [2.05, 4.69) is 0 Å². The topological polar surface area (TPSA) is 121 Å². The molecule has 0 aromatic heterocycles. The second-order valence-electron chi connectivity index (χ2n) is 6.85. The van der Waals surface area contributed by atoms with Crippen molar-refractivity contribution in [3.05, 3.63) is 0 Å². The minimum absolute atomic E-state index is 0.0211. The van der Waals surface area contributed by atoms with Crippen LogP contribution in [0, 0.1) is 5.41 Å². The molecule has 1 rings (SSSR count). The molecular formula is C14H22O7. The number of esters is 1. The van der Waals surface area contributed by atoms with Crippen molar-refractivity contribution < 1.29 is 34.4 Å². The number of carbonyl (C=O) groups excluding carboxylic acids is 1. The summed E-state index contributed by atoms with van der Waals surface area (Å²) in [6.45, 7) is 5.75. The molecule has 0 aromatic rings. The van der Waals surface area contributed by atoms with Crippen LogP contribution in [0.15, 0.2) is 0 Å². The molecule has 0 bridgehead atoms. The molecule has 7 nitrogen and oxygen atoms in total. The summed E-state index contributed by atoms with van der Waals surface area (Å²) in [5.41, 5.74) is -3.38. The molecule has 0 aromatic carbocycles. The van der Waals surface area contributed by atoms with Gasteiger partial charge in [-0.1, -0.05) is 13.8 Å². The van der Waals surface area contributed by atoms with Crippen molar-refractivity contribution in [2.75, 3.05) is 0 Å². The minimum atomic E-state index is -2.55. The fourth-order valence-corrected chi connectivity index (χ4v) is 2.90. The molecule has 1 aliphatic rings. The van der Waals surface area contributed by atoms with E-state index >= 15 is 0 Å². The Morgan fingerprint density at radius 3 is 1.86 bits per heavy atom. The molecule has 1 unspecified atom stereocenters. The van der Waals surface area contributed by atoms with E-state index in [0.29, 0.717) is 12.8 Å². The largest absolute Gasteiger partial charge is 0.481 e. The van der Waals surface area contributed by atoms with E-state index in [-0.39, 0.29) is 5.41 Å². The third kappa shape index (κ3) is 4.70. The van der Waals surface area contributed by atoms with Crippen LogP contribution < -0.4 is 0 Å². The zero-order valence-electron chi connectivity index (χ0n) is 12.5. The standard InChI is InChI=1S/C14H22O7/c1-12(2)4-5-13(3,8-12)21-11(19)14(20,6-9(15)16)7-10(17)18/h20H,4-8H2,1-3H3,(H,15,16)(H,17,18). The number of ether oxygens (including phenoxy) is 1. The molecule has 0 heterocycles. The Morgan fingerprint density at radius 1 is 1.05 bits per heavy atom. The fourth-order valence-electron chi connectivity index (χ4n) is 2.90. The molecule has 0 spiro atoms. The second-order valence-corrected chi connectivity index (χ2v) is 6.85. The van der Waals surface area contributed by atoms with E-state index in [4.69, 9.17) is 14.9 Å². The molecule has 0 saturated heterocycles. The van der Waals surface area contributed by atoms with Gasteiger partial charge in [-0.2, -0.15) is 0 Å². The van der Waals surface area contributed by atoms with Crippen molar-refractivity contribution in [3.63, 3.8) is 0 Å². The van der Waals surface area contributed by atoms with Gasteiger partial charge in [0.25, 0.3) is 0 Å². The number of aliphatic carboxylic acids is 2. The molecule has 1 atom stereocenters. The highest BCUT2D eigenvalue weighted by molar-refractivity contribution is 5.89. The van der Waals surface area contributed by atoms with Gasteiger partial charge in [-0.25, -0.2) is 4.79 Å². The first kappa shape index (κ1) is 17.4. The maximum absolute atomic E-state index is 12.1. The van der Waals surface area contributed by atoms with Crippen molar-refractivity contribution in [2.24, 2.45) is 5.41 Å². The molecule has 120 valence electrons. The van der Waals surface area contributed by atoms with Gasteiger partial charge in [0.2, 0.25) is 0 Å². The number of rotatable bonds is 6. The van der Waals surface area contributed by atoms with E-state index in [1.165, 1.54) is 0 Å². The van der Waals surface area contributed by atoms with Crippen molar-refractivity contribution in [1.29, 1.82) is 0 Å². The highest BCUT2D eigenvalue weighted by Crippen LogP contribution is 2.45. The van der Waals surface area contributed by atoms with Crippen LogP contribution in [0.5, 0.6) is 0 Å². The summed E-state index contributed by atoms with van der Waals surface area (Å²) in [7, 11) is 0. The summed E-state index contributed by atoms with van der Waals surface area (Å²) < 4.78 is 5.29. The van der Waals surface area contributed by atoms with Crippen LogP contribution in [-0.4, -0.2) is 44.4 Å². The van der Waals surface area contributed by atoms with Crippen molar-refractivity contribution >= 4 is 17.9 Å². The molecule has 0 aliphatic heterocycles. The lowest BCUT2D eigenvalue weighted by Crippen LogP contribution is -2.47. The average Bonchev–Trinajstić information content (AvgIpc) is 2.49. The van der Waals surface area contributed by atoms with E-state index in [0.717, 1.165) is 6.42 Å². The van der Waals surface area contributed by atoms with Gasteiger partial charge in [-0.3, -0.25) is 9.59 Å². The Labute approximate surface area is 122 Å². The molecule has 3 N–H and O–H groups in total. The number of carboxylic acid groups (broad SMARTS) is 2. The van der Waals surface area contributed by atoms with Crippen LogP contribution in [0.4, 0.5) is 0 Å². The SMILES string of the molecule is CC1(C)CCC(C)(OC(=O)C(O)(CC(=O)O)CC(=O)O)C1. The lowest BCUT2D eigenvalue weighted by molar-refractivity contribution is -0.187. The highest BCUT2D eigenvalue weighted by atomic mass is 16.6. The molecule has 1 fully saturated rings. The van der Waals surface area contributed by atoms with Crippen LogP contribution in [0.25, 0.3) is 0 Å². The molecular weight excluding hydrogens is 280 g/mol. The number of aliphatic hydroxyl groups is 1. The normalized spacial score (nSPS) is 24.6. The third-order valence-corrected chi connectivity index (χ3v) is 3.79. The van der Waals surface area contributed by atoms with E-state index in [1.807, 2.05) is 13.8 Å². The molecule has 1 saturated carbocycles. The Morgan fingerprint density at radius 2 is 1.52 bits per heavy atom. The molecule has 1 aliphatic carbocycles. The second kappa shape index (κ2) is 5.63. The van der Waals surface area contributed by atoms with Gasteiger partial charge in [-0.05, 0) is 31.6 Å². The van der Waals surface area contributed by atoms with Gasteiger partial charge in [0.15, 0.2) is 5.60 Å². The minimum Gasteiger partial charge on any atom is -0.481 e. The molecule has 0 radical (unpaired) electrons. The Balaban J connectivity index is 2.87. The van der Waals surface area contributed by atoms with Gasteiger partial charge in [-0.15, -0.1) is 0 Å². The van der Waals surface area contributed by atoms with Crippen molar-refractivity contribution in [3.8, 4) is 0 Å². The summed E-state index contributed by atoms with van der Waals surface area (Å²) in [5, 5.41) is 27.6. The van der Waals surface area contributed by atoms with E-state index < -0.39 is 42.0 Å². The maximum atomic E-state index is 12.1. The third-order valence-electron chi connectivity index (χ3n) is 3.79. The van der Waals surface area contributed by atoms with Crippen molar-refractivity contribution in [2.45, 2.75) is 64.1 Å². The van der Waals surface area contributed by atoms with Gasteiger partial charge < -0.3 is 20.1 Å². The first-order chi connectivity index (χ1) is 9.38. The first-order valence-corrected chi connectivity index (χ1v) is 6.77. The van der Waals surface area contributed by atoms with E-state index in [9.17, 15) is 19.5 Å². The van der Waals surface area contributed by atoms with Crippen LogP contribution >= 0.6 is 0 Å². The summed E-state index contributed by atoms with van der Waals surface area (Å²) in [4.78, 5) is 33.6. The summed E-state index contributed by atoms with van der Waals surface area (Å²) in [6.07, 6.45) is -0.0216. The number of hydrogen-bond donors (Lipinski definition) is 3. The highest BCUT2D eigenvalue weighted by Gasteiger charge is 2.48. The average molecular weight is 302 g/mol. The molecule has 0 amide bonds. The summed E-state index contributed by atoms with van der Waals surface area (Å²) in [5.74, 6) is -4.12. The zero-order chi connectivity index (χ0) is 16.5. The number of carbonyl (C=O) groups is 3. The Kier molecular flexibility index (Phi) is 4.67. The first-order valence-electron chi connectivity index (χ1n) is 6.77. The van der Waals surface area contributed by atoms with Crippen LogP contribution in [0.2, 0.25) is 0 Å². The zero-order valence-corrected chi connectivity index (χ0v) is 12.5. The quantitative estimate of drug-likeness (QED) is 0.630. The smallest absolute Gasteiger partial charge is 0.339 e. The van der Waals surface area contributed by atoms with Crippen LogP contribution in [-0.2, 0) is 19.1 Å². The monoisotopic (exact) mass is 302 g/mol. The lowest BCUT2D eigenvalue weighted by Gasteiger charge is -2.31. The van der Waals surface area contributed by atoms with Crippen molar-refractivity contribution in [1.82, 2.24) is 0 Å². The summed E-state index contributed by atoms with van der Waals surface area (Å²) in [6, 6.07) is 0. The predicted octanol–water partition coefficient (Wildman–Crippen LogP) is 1.18. The predicted molar refractivity (Wildman–Crippen MR) is 71.6 cm³/mol. The maximum Gasteiger partial charge on any atom is 0.339 e. The van der Waals surface area contributed by atoms with Crippen LogP contribution in [0.1, 0.15) is 52.9 Å². The molecule has 7 heteroatoms. The van der Waals surface area contributed by atoms with Gasteiger partial charge in [0.05, 0.1) is 12.8 Å². The number of carboxylic acids is 2. The number of hydrogen-bond acceptors (Lipinski definition) is 5. The Hall–Kier alpha value is -1.63. The lowest BCUT2D eigenvalue weighted by atomic mass is 9.89. The van der Waals surface area contributed by atoms with Gasteiger partial charge in [0.1, 0.15) is 5.60 Å². The Bertz CT molecular complexity index is 438. The van der Waals surface area contributed by atoms with E-state index in [1.54, 1.807) is 6.92 Å². The molecule has 21 heavy (non-hydrogen) atoms. The van der Waals surface area contributed by atoms with Crippen LogP contribution in [0.3, 0.4) is 0 Å².